The average molecular weight is 515 g/mol. The van der Waals surface area contributed by atoms with Gasteiger partial charge in [0.25, 0.3) is 0 Å². The Bertz CT molecular complexity index is 927. The van der Waals surface area contributed by atoms with Gasteiger partial charge in [-0.2, -0.15) is 0 Å². The summed E-state index contributed by atoms with van der Waals surface area (Å²) in [5, 5.41) is 7.99. The molecule has 2 N–H and O–H groups in total. The van der Waals surface area contributed by atoms with E-state index in [1.165, 1.54) is 0 Å². The molecule has 4 rings (SSSR count). The maximum atomic E-state index is 13.3. The first kappa shape index (κ1) is 26.7. The number of thioether (sulfide) groups is 1. The van der Waals surface area contributed by atoms with Gasteiger partial charge in [-0.25, -0.2) is 5.43 Å². The molecule has 0 radical (unpaired) electrons. The van der Waals surface area contributed by atoms with Crippen LogP contribution in [0.5, 0.6) is 0 Å². The van der Waals surface area contributed by atoms with Crippen LogP contribution >= 0.6 is 11.8 Å². The van der Waals surface area contributed by atoms with E-state index < -0.39 is 17.7 Å². The van der Waals surface area contributed by atoms with E-state index >= 15 is 0 Å². The number of nitrogens with zero attached hydrogens (tertiary/aromatic N) is 2. The van der Waals surface area contributed by atoms with E-state index in [1.807, 2.05) is 18.2 Å². The zero-order valence-electron chi connectivity index (χ0n) is 21.1. The summed E-state index contributed by atoms with van der Waals surface area (Å²) in [4.78, 5) is 41.5. The van der Waals surface area contributed by atoms with E-state index in [0.717, 1.165) is 49.8 Å². The monoisotopic (exact) mass is 514 g/mol. The molecule has 3 aliphatic rings. The molecule has 1 aliphatic carbocycles. The molecule has 2 saturated heterocycles. The van der Waals surface area contributed by atoms with Crippen molar-refractivity contribution in [1.29, 1.82) is 0 Å². The highest BCUT2D eigenvalue weighted by Gasteiger charge is 2.36. The highest BCUT2D eigenvalue weighted by Crippen LogP contribution is 2.27. The number of amides is 2. The van der Waals surface area contributed by atoms with E-state index in [0.29, 0.717) is 37.8 Å². The van der Waals surface area contributed by atoms with Gasteiger partial charge in [-0.15, -0.1) is 5.10 Å². The van der Waals surface area contributed by atoms with Crippen LogP contribution in [0, 0.1) is 11.8 Å². The average Bonchev–Trinajstić information content (AvgIpc) is 3.09. The fourth-order valence-electron chi connectivity index (χ4n) is 5.21. The summed E-state index contributed by atoms with van der Waals surface area (Å²) < 4.78 is 5.46. The Kier molecular flexibility index (Phi) is 9.81. The quantitative estimate of drug-likeness (QED) is 0.313. The van der Waals surface area contributed by atoms with Crippen LogP contribution in [0.4, 0.5) is 0 Å². The fraction of sp³-hybridized carbons (Fsp3) is 0.630. The molecule has 1 aromatic rings. The molecule has 1 saturated carbocycles. The van der Waals surface area contributed by atoms with Crippen LogP contribution in [0.1, 0.15) is 63.9 Å². The molecular formula is C27H38N4O4S. The van der Waals surface area contributed by atoms with Crippen LogP contribution in [0.15, 0.2) is 35.4 Å². The van der Waals surface area contributed by atoms with Crippen molar-refractivity contribution in [2.24, 2.45) is 16.9 Å². The number of carbonyl (C=O) groups is 3. The number of carbonyl (C=O) groups excluding carboxylic acids is 3. The first-order valence-corrected chi connectivity index (χ1v) is 14.2. The number of hydrazone groups is 1. The van der Waals surface area contributed by atoms with Crippen LogP contribution in [0.3, 0.4) is 0 Å². The van der Waals surface area contributed by atoms with Crippen molar-refractivity contribution in [3.8, 4) is 0 Å². The van der Waals surface area contributed by atoms with Crippen molar-refractivity contribution >= 4 is 34.5 Å². The van der Waals surface area contributed by atoms with E-state index in [2.05, 4.69) is 39.8 Å². The van der Waals surface area contributed by atoms with Gasteiger partial charge in [-0.1, -0.05) is 67.8 Å². The van der Waals surface area contributed by atoms with Crippen LogP contribution < -0.4 is 10.7 Å². The molecule has 0 bridgehead atoms. The summed E-state index contributed by atoms with van der Waals surface area (Å²) in [6.07, 6.45) is 7.31. The lowest BCUT2D eigenvalue weighted by atomic mass is 9.87. The molecule has 196 valence electrons. The van der Waals surface area contributed by atoms with Crippen LogP contribution in [-0.2, 0) is 25.7 Å². The number of hydrogen-bond acceptors (Lipinski definition) is 6. The molecular weight excluding hydrogens is 476 g/mol. The third-order valence-electron chi connectivity index (χ3n) is 7.45. The van der Waals surface area contributed by atoms with E-state index in [4.69, 9.17) is 4.74 Å². The zero-order chi connectivity index (χ0) is 25.3. The van der Waals surface area contributed by atoms with Gasteiger partial charge in [0.15, 0.2) is 5.17 Å². The third kappa shape index (κ3) is 7.09. The van der Waals surface area contributed by atoms with Crippen molar-refractivity contribution in [2.75, 3.05) is 19.0 Å². The zero-order valence-corrected chi connectivity index (χ0v) is 21.9. The molecule has 2 amide bonds. The minimum absolute atomic E-state index is 0.0890. The van der Waals surface area contributed by atoms with Crippen molar-refractivity contribution in [3.05, 3.63) is 35.9 Å². The Balaban J connectivity index is 1.42. The van der Waals surface area contributed by atoms with Crippen LogP contribution in [-0.4, -0.2) is 58.7 Å². The van der Waals surface area contributed by atoms with E-state index in [1.54, 1.807) is 11.8 Å². The molecule has 3 fully saturated rings. The molecule has 8 nitrogen and oxygen atoms in total. The van der Waals surface area contributed by atoms with E-state index in [-0.39, 0.29) is 23.8 Å². The van der Waals surface area contributed by atoms with Gasteiger partial charge in [0.1, 0.15) is 6.04 Å². The fourth-order valence-corrected chi connectivity index (χ4v) is 6.30. The van der Waals surface area contributed by atoms with Gasteiger partial charge in [0.05, 0.1) is 0 Å². The minimum Gasteiger partial charge on any atom is -0.381 e. The SMILES string of the molecule is C[C@H]1CSC(=NNC(=O)C(=O)[C@H](NC(=O)C2CCCCCC2)C2CCOCC2)N1Cc1ccccc1. The molecule has 0 aromatic heterocycles. The second-order valence-corrected chi connectivity index (χ2v) is 11.1. The smallest absolute Gasteiger partial charge is 0.309 e. The van der Waals surface area contributed by atoms with Gasteiger partial charge >= 0.3 is 5.91 Å². The van der Waals surface area contributed by atoms with Crippen molar-refractivity contribution < 1.29 is 19.1 Å². The second-order valence-electron chi connectivity index (χ2n) is 10.1. The van der Waals surface area contributed by atoms with Crippen LogP contribution in [0.25, 0.3) is 0 Å². The number of nitrogens with one attached hydrogen (secondary N) is 2. The Morgan fingerprint density at radius 2 is 1.75 bits per heavy atom. The van der Waals surface area contributed by atoms with Gasteiger partial charge < -0.3 is 15.0 Å². The first-order chi connectivity index (χ1) is 17.5. The van der Waals surface area contributed by atoms with Crippen molar-refractivity contribution in [2.45, 2.75) is 76.9 Å². The minimum atomic E-state index is -0.847. The Hall–Kier alpha value is -2.39. The predicted molar refractivity (Wildman–Crippen MR) is 141 cm³/mol. The molecule has 36 heavy (non-hydrogen) atoms. The third-order valence-corrected chi connectivity index (χ3v) is 8.68. The standard InChI is InChI=1S/C27H38N4O4S/c1-19-18-36-27(31(19)17-20-9-5-4-6-10-20)30-29-26(34)24(32)23(21-13-15-35-16-14-21)28-25(33)22-11-7-2-3-8-12-22/h4-6,9-10,19,21-23H,2-3,7-8,11-18H2,1H3,(H,28,33)(H,29,34)/t19-,23+/m0/s1. The number of amidine groups is 1. The van der Waals surface area contributed by atoms with Crippen molar-refractivity contribution in [1.82, 2.24) is 15.6 Å². The van der Waals surface area contributed by atoms with Gasteiger partial charge in [-0.05, 0) is 44.1 Å². The Morgan fingerprint density at radius 1 is 1.06 bits per heavy atom. The number of ketones is 1. The number of Topliss-reactive ketones (excluding diaryl/α,β-unsaturated/α-hetero) is 1. The summed E-state index contributed by atoms with van der Waals surface area (Å²) >= 11 is 1.56. The molecule has 9 heteroatoms. The van der Waals surface area contributed by atoms with Gasteiger partial charge in [0, 0.05) is 37.5 Å². The second kappa shape index (κ2) is 13.2. The Morgan fingerprint density at radius 3 is 2.44 bits per heavy atom. The summed E-state index contributed by atoms with van der Waals surface area (Å²) in [6.45, 7) is 3.86. The number of rotatable bonds is 8. The first-order valence-electron chi connectivity index (χ1n) is 13.3. The van der Waals surface area contributed by atoms with Gasteiger partial charge in [0.2, 0.25) is 11.7 Å². The number of ether oxygens (including phenoxy) is 1. The Labute approximate surface area is 218 Å². The molecule has 1 aromatic carbocycles. The van der Waals surface area contributed by atoms with E-state index in [9.17, 15) is 14.4 Å². The molecule has 0 spiro atoms. The summed E-state index contributed by atoms with van der Waals surface area (Å²) in [6, 6.07) is 9.52. The molecule has 2 aliphatic heterocycles. The highest BCUT2D eigenvalue weighted by atomic mass is 32.2. The highest BCUT2D eigenvalue weighted by molar-refractivity contribution is 8.14. The summed E-state index contributed by atoms with van der Waals surface area (Å²) in [5.41, 5.74) is 3.65. The lowest BCUT2D eigenvalue weighted by molar-refractivity contribution is -0.142. The summed E-state index contributed by atoms with van der Waals surface area (Å²) in [5.74, 6) is -0.852. The molecule has 2 heterocycles. The van der Waals surface area contributed by atoms with Crippen LogP contribution in [0.2, 0.25) is 0 Å². The normalized spacial score (nSPS) is 23.8. The van der Waals surface area contributed by atoms with Crippen molar-refractivity contribution in [3.63, 3.8) is 0 Å². The topological polar surface area (TPSA) is 100 Å². The molecule has 0 unspecified atom stereocenters. The lowest BCUT2D eigenvalue weighted by Crippen LogP contribution is -2.53. The maximum Gasteiger partial charge on any atom is 0.309 e. The largest absolute Gasteiger partial charge is 0.381 e. The summed E-state index contributed by atoms with van der Waals surface area (Å²) in [7, 11) is 0. The van der Waals surface area contributed by atoms with Gasteiger partial charge in [-0.3, -0.25) is 14.4 Å². The number of benzene rings is 1. The lowest BCUT2D eigenvalue weighted by Gasteiger charge is -2.30. The molecule has 2 atom stereocenters. The number of hydrogen-bond donors (Lipinski definition) is 2. The maximum absolute atomic E-state index is 13.3. The predicted octanol–water partition coefficient (Wildman–Crippen LogP) is 3.46.